The second-order valence-corrected chi connectivity index (χ2v) is 5.67. The standard InChI is InChI=1S/C13H26O6.H3O4P/c1-3-5-6-7-8-9-10-11-13-15-17-19-18-16-14-12-4-2;1-5(2,3)4/h4,12H,3,5-11,13H2,1-2H3;(H3,1,2,3,4). The maximum Gasteiger partial charge on any atom is 0.466 e. The summed E-state index contributed by atoms with van der Waals surface area (Å²) in [5.74, 6) is 0. The summed E-state index contributed by atoms with van der Waals surface area (Å²) in [5.41, 5.74) is 0. The van der Waals surface area contributed by atoms with Crippen LogP contribution in [0, 0.1) is 0 Å². The Kier molecular flexibility index (Phi) is 21.9. The van der Waals surface area contributed by atoms with Crippen LogP contribution in [0.2, 0.25) is 0 Å². The van der Waals surface area contributed by atoms with E-state index in [2.05, 4.69) is 36.9 Å². The average molecular weight is 376 g/mol. The molecule has 0 aromatic carbocycles. The molecule has 0 fully saturated rings. The lowest BCUT2D eigenvalue weighted by Gasteiger charge is -2.02. The van der Waals surface area contributed by atoms with E-state index >= 15 is 0 Å². The largest absolute Gasteiger partial charge is 0.466 e. The van der Waals surface area contributed by atoms with Crippen molar-refractivity contribution in [2.24, 2.45) is 0 Å². The maximum absolute atomic E-state index is 8.88. The summed E-state index contributed by atoms with van der Waals surface area (Å²) in [6.07, 6.45) is 12.7. The fourth-order valence-electron chi connectivity index (χ4n) is 1.47. The van der Waals surface area contributed by atoms with E-state index in [1.54, 1.807) is 13.0 Å². The number of hydrogen-bond donors (Lipinski definition) is 3. The van der Waals surface area contributed by atoms with Gasteiger partial charge >= 0.3 is 7.82 Å². The number of hydrogen-bond acceptors (Lipinski definition) is 7. The molecule has 0 saturated heterocycles. The first kappa shape index (κ1) is 25.7. The molecule has 0 aromatic heterocycles. The molecule has 0 unspecified atom stereocenters. The molecule has 0 rings (SSSR count). The van der Waals surface area contributed by atoms with Crippen molar-refractivity contribution in [2.45, 2.75) is 65.2 Å². The molecule has 0 spiro atoms. The van der Waals surface area contributed by atoms with Crippen LogP contribution in [0.4, 0.5) is 0 Å². The molecule has 10 nitrogen and oxygen atoms in total. The number of unbranched alkanes of at least 4 members (excludes halogenated alkanes) is 7. The van der Waals surface area contributed by atoms with Gasteiger partial charge in [-0.3, -0.25) is 0 Å². The molecule has 24 heavy (non-hydrogen) atoms. The first-order valence-electron chi connectivity index (χ1n) is 7.76. The predicted octanol–water partition coefficient (Wildman–Crippen LogP) is 3.41. The molecule has 0 aliphatic carbocycles. The monoisotopic (exact) mass is 376 g/mol. The maximum atomic E-state index is 8.88. The fraction of sp³-hybridized carbons (Fsp3) is 0.846. The van der Waals surface area contributed by atoms with Crippen LogP contribution in [0.15, 0.2) is 12.3 Å². The molecule has 0 aromatic rings. The summed E-state index contributed by atoms with van der Waals surface area (Å²) in [4.78, 5) is 30.6. The highest BCUT2D eigenvalue weighted by Gasteiger charge is 2.00. The van der Waals surface area contributed by atoms with Gasteiger partial charge in [0.25, 0.3) is 0 Å². The highest BCUT2D eigenvalue weighted by molar-refractivity contribution is 7.45. The lowest BCUT2D eigenvalue weighted by atomic mass is 10.1. The van der Waals surface area contributed by atoms with Gasteiger partial charge < -0.3 is 19.6 Å². The van der Waals surface area contributed by atoms with Crippen molar-refractivity contribution >= 4 is 7.82 Å². The molecule has 0 atom stereocenters. The number of rotatable bonds is 15. The third-order valence-corrected chi connectivity index (χ3v) is 2.44. The van der Waals surface area contributed by atoms with Crippen LogP contribution in [0.3, 0.4) is 0 Å². The van der Waals surface area contributed by atoms with Gasteiger partial charge in [-0.25, -0.2) is 9.45 Å². The van der Waals surface area contributed by atoms with Crippen molar-refractivity contribution in [1.82, 2.24) is 0 Å². The molecule has 0 aliphatic heterocycles. The Morgan fingerprint density at radius 3 is 1.88 bits per heavy atom. The van der Waals surface area contributed by atoms with E-state index in [0.717, 1.165) is 12.8 Å². The molecule has 146 valence electrons. The zero-order valence-corrected chi connectivity index (χ0v) is 15.1. The van der Waals surface area contributed by atoms with Crippen LogP contribution in [-0.2, 0) is 34.5 Å². The second-order valence-electron chi connectivity index (χ2n) is 4.65. The van der Waals surface area contributed by atoms with Gasteiger partial charge in [0.05, 0.1) is 6.61 Å². The quantitative estimate of drug-likeness (QED) is 0.128. The zero-order chi connectivity index (χ0) is 18.5. The molecule has 0 bridgehead atoms. The Morgan fingerprint density at radius 1 is 0.833 bits per heavy atom. The zero-order valence-electron chi connectivity index (χ0n) is 14.2. The highest BCUT2D eigenvalue weighted by atomic mass is 31.2. The Morgan fingerprint density at radius 2 is 1.33 bits per heavy atom. The van der Waals surface area contributed by atoms with E-state index in [4.69, 9.17) is 19.2 Å². The molecule has 0 radical (unpaired) electrons. The van der Waals surface area contributed by atoms with Crippen molar-refractivity contribution in [3.05, 3.63) is 12.3 Å². The minimum absolute atomic E-state index is 0.452. The van der Waals surface area contributed by atoms with Crippen LogP contribution >= 0.6 is 7.82 Å². The van der Waals surface area contributed by atoms with E-state index in [1.165, 1.54) is 44.8 Å². The topological polar surface area (TPSA) is 133 Å². The lowest BCUT2D eigenvalue weighted by Crippen LogP contribution is -2.00. The Hall–Kier alpha value is -0.550. The van der Waals surface area contributed by atoms with Crippen molar-refractivity contribution in [3.63, 3.8) is 0 Å². The van der Waals surface area contributed by atoms with E-state index in [9.17, 15) is 0 Å². The van der Waals surface area contributed by atoms with Gasteiger partial charge in [-0.15, -0.1) is 0 Å². The summed E-state index contributed by atoms with van der Waals surface area (Å²) in [6, 6.07) is 0. The summed E-state index contributed by atoms with van der Waals surface area (Å²) >= 11 is 0. The minimum Gasteiger partial charge on any atom is -0.314 e. The molecule has 0 aliphatic rings. The van der Waals surface area contributed by atoms with E-state index in [-0.39, 0.29) is 0 Å². The van der Waals surface area contributed by atoms with E-state index in [0.29, 0.717) is 6.61 Å². The third-order valence-electron chi connectivity index (χ3n) is 2.44. The summed E-state index contributed by atoms with van der Waals surface area (Å²) in [7, 11) is -4.64. The molecule has 11 heteroatoms. The van der Waals surface area contributed by atoms with Gasteiger partial charge in [-0.1, -0.05) is 51.9 Å². The van der Waals surface area contributed by atoms with Crippen LogP contribution in [0.1, 0.15) is 65.2 Å². The van der Waals surface area contributed by atoms with Crippen molar-refractivity contribution < 1.29 is 49.2 Å². The first-order chi connectivity index (χ1) is 11.4. The van der Waals surface area contributed by atoms with Crippen LogP contribution in [0.25, 0.3) is 0 Å². The van der Waals surface area contributed by atoms with Gasteiger partial charge in [0.15, 0.2) is 0 Å². The smallest absolute Gasteiger partial charge is 0.314 e. The van der Waals surface area contributed by atoms with Crippen LogP contribution < -0.4 is 0 Å². The number of allylic oxidation sites excluding steroid dienone is 1. The van der Waals surface area contributed by atoms with Crippen molar-refractivity contribution in [1.29, 1.82) is 0 Å². The Balaban J connectivity index is 0. The normalized spacial score (nSPS) is 11.4. The summed E-state index contributed by atoms with van der Waals surface area (Å²) < 4.78 is 8.88. The molecule has 3 N–H and O–H groups in total. The fourth-order valence-corrected chi connectivity index (χ4v) is 1.47. The van der Waals surface area contributed by atoms with Crippen LogP contribution in [0.5, 0.6) is 0 Å². The minimum atomic E-state index is -4.64. The molecule has 0 amide bonds. The van der Waals surface area contributed by atoms with Gasteiger partial charge in [0.1, 0.15) is 6.26 Å². The van der Waals surface area contributed by atoms with Gasteiger partial charge in [0.2, 0.25) is 0 Å². The van der Waals surface area contributed by atoms with E-state index < -0.39 is 7.82 Å². The molecular weight excluding hydrogens is 347 g/mol. The van der Waals surface area contributed by atoms with Gasteiger partial charge in [0, 0.05) is 10.1 Å². The Labute approximate surface area is 142 Å². The molecule has 0 saturated carbocycles. The SMILES string of the molecule is CC=COOOOOOCCCCCCCCCC.O=P(O)(O)O. The lowest BCUT2D eigenvalue weighted by molar-refractivity contribution is -0.751. The molecular formula is C13H29O10P. The van der Waals surface area contributed by atoms with Crippen molar-refractivity contribution in [3.8, 4) is 0 Å². The average Bonchev–Trinajstić information content (AvgIpc) is 2.49. The molecule has 0 heterocycles. The van der Waals surface area contributed by atoms with Gasteiger partial charge in [-0.2, -0.15) is 0 Å². The van der Waals surface area contributed by atoms with E-state index in [1.807, 2.05) is 0 Å². The predicted molar refractivity (Wildman–Crippen MR) is 83.1 cm³/mol. The number of phosphoric acid groups is 1. The first-order valence-corrected chi connectivity index (χ1v) is 9.32. The third kappa shape index (κ3) is 37.6. The highest BCUT2D eigenvalue weighted by Crippen LogP contribution is 2.25. The Bertz CT molecular complexity index is 299. The second kappa shape index (κ2) is 20.5. The van der Waals surface area contributed by atoms with Crippen LogP contribution in [-0.4, -0.2) is 21.3 Å². The summed E-state index contributed by atoms with van der Waals surface area (Å²) in [6.45, 7) is 4.43. The summed E-state index contributed by atoms with van der Waals surface area (Å²) in [5, 5.41) is 16.3. The van der Waals surface area contributed by atoms with Crippen molar-refractivity contribution in [2.75, 3.05) is 6.61 Å². The van der Waals surface area contributed by atoms with Gasteiger partial charge in [-0.05, 0) is 29.5 Å².